The highest BCUT2D eigenvalue weighted by molar-refractivity contribution is 5.94. The van der Waals surface area contributed by atoms with Crippen LogP contribution < -0.4 is 5.73 Å². The summed E-state index contributed by atoms with van der Waals surface area (Å²) < 4.78 is 0. The number of benzene rings is 1. The van der Waals surface area contributed by atoms with Crippen molar-refractivity contribution in [3.63, 3.8) is 0 Å². The second kappa shape index (κ2) is 6.01. The predicted molar refractivity (Wildman–Crippen MR) is 73.5 cm³/mol. The Morgan fingerprint density at radius 2 is 2.11 bits per heavy atom. The van der Waals surface area contributed by atoms with E-state index >= 15 is 0 Å². The Hall–Kier alpha value is -1.35. The Bertz CT molecular complexity index is 409. The highest BCUT2D eigenvalue weighted by Gasteiger charge is 2.22. The molecule has 18 heavy (non-hydrogen) atoms. The van der Waals surface area contributed by atoms with Crippen LogP contribution in [0, 0.1) is 12.8 Å². The molecule has 2 rings (SSSR count). The van der Waals surface area contributed by atoms with Crippen molar-refractivity contribution in [1.29, 1.82) is 0 Å². The molecule has 0 aliphatic carbocycles. The third kappa shape index (κ3) is 3.10. The lowest BCUT2D eigenvalue weighted by Crippen LogP contribution is -2.38. The summed E-state index contributed by atoms with van der Waals surface area (Å²) in [5.41, 5.74) is 7.53. The summed E-state index contributed by atoms with van der Waals surface area (Å²) in [4.78, 5) is 14.3. The van der Waals surface area contributed by atoms with Crippen molar-refractivity contribution in [3.8, 4) is 0 Å². The monoisotopic (exact) mass is 246 g/mol. The molecule has 3 nitrogen and oxygen atoms in total. The van der Waals surface area contributed by atoms with Gasteiger partial charge in [-0.1, -0.05) is 17.7 Å². The smallest absolute Gasteiger partial charge is 0.253 e. The van der Waals surface area contributed by atoms with Crippen LogP contribution in [-0.4, -0.2) is 30.4 Å². The molecule has 1 aromatic rings. The second-order valence-electron chi connectivity index (χ2n) is 5.18. The van der Waals surface area contributed by atoms with Crippen LogP contribution in [0.3, 0.4) is 0 Å². The first kappa shape index (κ1) is 13.1. The Kier molecular flexibility index (Phi) is 4.37. The quantitative estimate of drug-likeness (QED) is 0.888. The van der Waals surface area contributed by atoms with E-state index in [9.17, 15) is 4.79 Å². The van der Waals surface area contributed by atoms with Crippen molar-refractivity contribution in [3.05, 3.63) is 35.4 Å². The van der Waals surface area contributed by atoms with Crippen molar-refractivity contribution in [2.45, 2.75) is 26.2 Å². The molecule has 1 fully saturated rings. The molecule has 0 unspecified atom stereocenters. The van der Waals surface area contributed by atoms with Gasteiger partial charge in [-0.3, -0.25) is 4.79 Å². The molecular weight excluding hydrogens is 224 g/mol. The van der Waals surface area contributed by atoms with Crippen molar-refractivity contribution in [1.82, 2.24) is 4.90 Å². The number of amides is 1. The van der Waals surface area contributed by atoms with Gasteiger partial charge in [0.25, 0.3) is 5.91 Å². The minimum absolute atomic E-state index is 0.171. The molecular formula is C15H22N2O. The van der Waals surface area contributed by atoms with Crippen LogP contribution in [0.1, 0.15) is 35.2 Å². The minimum atomic E-state index is 0.171. The van der Waals surface area contributed by atoms with Gasteiger partial charge in [-0.2, -0.15) is 0 Å². The minimum Gasteiger partial charge on any atom is -0.339 e. The van der Waals surface area contributed by atoms with E-state index in [0.29, 0.717) is 5.92 Å². The summed E-state index contributed by atoms with van der Waals surface area (Å²) in [6, 6.07) is 7.84. The molecule has 0 radical (unpaired) electrons. The van der Waals surface area contributed by atoms with Crippen molar-refractivity contribution in [2.75, 3.05) is 19.6 Å². The van der Waals surface area contributed by atoms with Crippen LogP contribution in [0.15, 0.2) is 24.3 Å². The average molecular weight is 246 g/mol. The van der Waals surface area contributed by atoms with E-state index in [4.69, 9.17) is 5.73 Å². The van der Waals surface area contributed by atoms with E-state index in [-0.39, 0.29) is 5.91 Å². The number of aryl methyl sites for hydroxylation is 1. The SMILES string of the molecule is Cc1cccc(C(=O)N2CCC(CCN)CC2)c1. The Morgan fingerprint density at radius 1 is 1.39 bits per heavy atom. The van der Waals surface area contributed by atoms with Gasteiger partial charge < -0.3 is 10.6 Å². The zero-order chi connectivity index (χ0) is 13.0. The van der Waals surface area contributed by atoms with E-state index in [1.807, 2.05) is 36.1 Å². The Balaban J connectivity index is 1.95. The number of carbonyl (C=O) groups is 1. The van der Waals surface area contributed by atoms with E-state index in [1.54, 1.807) is 0 Å². The molecule has 0 spiro atoms. The molecule has 98 valence electrons. The predicted octanol–water partition coefficient (Wildman–Crippen LogP) is 2.20. The van der Waals surface area contributed by atoms with Crippen LogP contribution in [0.2, 0.25) is 0 Å². The number of nitrogens with two attached hydrogens (primary N) is 1. The molecule has 1 amide bonds. The number of likely N-dealkylation sites (tertiary alicyclic amines) is 1. The number of nitrogens with zero attached hydrogens (tertiary/aromatic N) is 1. The number of hydrogen-bond acceptors (Lipinski definition) is 2. The number of carbonyl (C=O) groups excluding carboxylic acids is 1. The van der Waals surface area contributed by atoms with Gasteiger partial charge in [0.15, 0.2) is 0 Å². The number of hydrogen-bond donors (Lipinski definition) is 1. The third-order valence-electron chi connectivity index (χ3n) is 3.74. The molecule has 1 heterocycles. The van der Waals surface area contributed by atoms with Gasteiger partial charge in [0.1, 0.15) is 0 Å². The van der Waals surface area contributed by atoms with E-state index in [2.05, 4.69) is 0 Å². The third-order valence-corrected chi connectivity index (χ3v) is 3.74. The normalized spacial score (nSPS) is 16.9. The van der Waals surface area contributed by atoms with Crippen LogP contribution >= 0.6 is 0 Å². The summed E-state index contributed by atoms with van der Waals surface area (Å²) in [5.74, 6) is 0.876. The highest BCUT2D eigenvalue weighted by atomic mass is 16.2. The topological polar surface area (TPSA) is 46.3 Å². The lowest BCUT2D eigenvalue weighted by Gasteiger charge is -2.32. The van der Waals surface area contributed by atoms with E-state index in [1.165, 1.54) is 0 Å². The molecule has 1 aliphatic rings. The van der Waals surface area contributed by atoms with Gasteiger partial charge in [-0.25, -0.2) is 0 Å². The van der Waals surface area contributed by atoms with Gasteiger partial charge in [0.05, 0.1) is 0 Å². The molecule has 0 saturated carbocycles. The first-order chi connectivity index (χ1) is 8.70. The zero-order valence-corrected chi connectivity index (χ0v) is 11.1. The maximum absolute atomic E-state index is 12.3. The fraction of sp³-hybridized carbons (Fsp3) is 0.533. The van der Waals surface area contributed by atoms with E-state index < -0.39 is 0 Å². The molecule has 0 bridgehead atoms. The van der Waals surface area contributed by atoms with E-state index in [0.717, 1.165) is 50.0 Å². The van der Waals surface area contributed by atoms with Gasteiger partial charge in [0, 0.05) is 18.7 Å². The number of piperidine rings is 1. The fourth-order valence-electron chi connectivity index (χ4n) is 2.62. The van der Waals surface area contributed by atoms with Crippen molar-refractivity contribution >= 4 is 5.91 Å². The van der Waals surface area contributed by atoms with Crippen LogP contribution in [-0.2, 0) is 0 Å². The van der Waals surface area contributed by atoms with Crippen LogP contribution in [0.4, 0.5) is 0 Å². The Morgan fingerprint density at radius 3 is 2.72 bits per heavy atom. The standard InChI is InChI=1S/C15H22N2O/c1-12-3-2-4-14(11-12)15(18)17-9-6-13(5-8-16)7-10-17/h2-4,11,13H,5-10,16H2,1H3. The fourth-order valence-corrected chi connectivity index (χ4v) is 2.62. The molecule has 1 aliphatic heterocycles. The Labute approximate surface area is 109 Å². The molecule has 1 saturated heterocycles. The summed E-state index contributed by atoms with van der Waals surface area (Å²) >= 11 is 0. The zero-order valence-electron chi connectivity index (χ0n) is 11.1. The number of rotatable bonds is 3. The maximum atomic E-state index is 12.3. The maximum Gasteiger partial charge on any atom is 0.253 e. The van der Waals surface area contributed by atoms with Gasteiger partial charge in [-0.05, 0) is 50.8 Å². The van der Waals surface area contributed by atoms with Crippen LogP contribution in [0.25, 0.3) is 0 Å². The molecule has 2 N–H and O–H groups in total. The summed E-state index contributed by atoms with van der Waals surface area (Å²) in [5, 5.41) is 0. The lowest BCUT2D eigenvalue weighted by molar-refractivity contribution is 0.0688. The average Bonchev–Trinajstić information content (AvgIpc) is 2.39. The molecule has 1 aromatic carbocycles. The molecule has 0 aromatic heterocycles. The van der Waals surface area contributed by atoms with Gasteiger partial charge >= 0.3 is 0 Å². The first-order valence-corrected chi connectivity index (χ1v) is 6.76. The first-order valence-electron chi connectivity index (χ1n) is 6.76. The van der Waals surface area contributed by atoms with Gasteiger partial charge in [0.2, 0.25) is 0 Å². The van der Waals surface area contributed by atoms with Crippen LogP contribution in [0.5, 0.6) is 0 Å². The summed E-state index contributed by atoms with van der Waals surface area (Å²) in [7, 11) is 0. The summed E-state index contributed by atoms with van der Waals surface area (Å²) in [6.45, 7) is 4.52. The second-order valence-corrected chi connectivity index (χ2v) is 5.18. The van der Waals surface area contributed by atoms with Crippen molar-refractivity contribution < 1.29 is 4.79 Å². The lowest BCUT2D eigenvalue weighted by atomic mass is 9.93. The summed E-state index contributed by atoms with van der Waals surface area (Å²) in [6.07, 6.45) is 3.27. The highest BCUT2D eigenvalue weighted by Crippen LogP contribution is 2.21. The van der Waals surface area contributed by atoms with Gasteiger partial charge in [-0.15, -0.1) is 0 Å². The molecule has 3 heteroatoms. The molecule has 0 atom stereocenters. The van der Waals surface area contributed by atoms with Crippen molar-refractivity contribution in [2.24, 2.45) is 11.7 Å². The largest absolute Gasteiger partial charge is 0.339 e.